The highest BCUT2D eigenvalue weighted by Crippen LogP contribution is 2.41. The molecule has 160 valence electrons. The number of halogens is 1. The Balaban J connectivity index is 2.18. The first-order chi connectivity index (χ1) is 13.9. The Hall–Kier alpha value is -2.43. The lowest BCUT2D eigenvalue weighted by Crippen LogP contribution is -2.27. The summed E-state index contributed by atoms with van der Waals surface area (Å²) >= 11 is 1.42. The van der Waals surface area contributed by atoms with Gasteiger partial charge in [0.05, 0.1) is 26.5 Å². The molecule has 2 heterocycles. The lowest BCUT2D eigenvalue weighted by Gasteiger charge is -2.14. The van der Waals surface area contributed by atoms with Crippen molar-refractivity contribution in [3.63, 3.8) is 0 Å². The molecule has 1 atom stereocenters. The van der Waals surface area contributed by atoms with Gasteiger partial charge in [-0.3, -0.25) is 0 Å². The van der Waals surface area contributed by atoms with Crippen molar-refractivity contribution in [1.82, 2.24) is 15.0 Å². The fourth-order valence-electron chi connectivity index (χ4n) is 2.84. The van der Waals surface area contributed by atoms with Gasteiger partial charge in [-0.2, -0.15) is 0 Å². The van der Waals surface area contributed by atoms with E-state index in [1.165, 1.54) is 18.3 Å². The summed E-state index contributed by atoms with van der Waals surface area (Å²) in [4.78, 5) is 13.6. The van der Waals surface area contributed by atoms with Gasteiger partial charge in [-0.15, -0.1) is 11.3 Å². The van der Waals surface area contributed by atoms with Gasteiger partial charge in [-0.1, -0.05) is 32.9 Å². The van der Waals surface area contributed by atoms with Gasteiger partial charge < -0.3 is 5.73 Å². The van der Waals surface area contributed by atoms with Crippen LogP contribution in [0.5, 0.6) is 0 Å². The van der Waals surface area contributed by atoms with Crippen LogP contribution in [0.25, 0.3) is 21.8 Å². The quantitative estimate of drug-likeness (QED) is 0.614. The number of primary sulfonamides is 1. The summed E-state index contributed by atoms with van der Waals surface area (Å²) < 4.78 is 38.7. The fraction of sp³-hybridized carbons (Fsp3) is 0.350. The smallest absolute Gasteiger partial charge is 0.220 e. The van der Waals surface area contributed by atoms with Crippen LogP contribution in [0.3, 0.4) is 0 Å². The van der Waals surface area contributed by atoms with Crippen LogP contribution in [-0.4, -0.2) is 28.6 Å². The standard InChI is InChI=1S/C20H24FN5O2S2/c1-11(30(23,27)28)10-12-6-5-7-13(15(12)21)16-17(14-8-9-24-19(22)25-14)29-18(26-16)20(2,3)4/h5-9,11H,10H2,1-4H3,(H2,22,24,25)(H2,23,27,28). The average molecular weight is 450 g/mol. The van der Waals surface area contributed by atoms with Gasteiger partial charge in [0.15, 0.2) is 0 Å². The zero-order valence-electron chi connectivity index (χ0n) is 17.2. The number of thiazole rings is 1. The van der Waals surface area contributed by atoms with Crippen LogP contribution in [0.15, 0.2) is 30.5 Å². The zero-order chi connectivity index (χ0) is 22.3. The van der Waals surface area contributed by atoms with Crippen molar-refractivity contribution in [2.45, 2.75) is 44.8 Å². The maximum Gasteiger partial charge on any atom is 0.220 e. The Kier molecular flexibility index (Phi) is 5.94. The third-order valence-electron chi connectivity index (χ3n) is 4.58. The molecule has 0 spiro atoms. The molecule has 1 aromatic carbocycles. The van der Waals surface area contributed by atoms with Gasteiger partial charge in [-0.05, 0) is 31.0 Å². The number of hydrogen-bond acceptors (Lipinski definition) is 7. The van der Waals surface area contributed by atoms with Crippen LogP contribution in [0.4, 0.5) is 10.3 Å². The van der Waals surface area contributed by atoms with E-state index in [2.05, 4.69) is 9.97 Å². The number of nitrogens with zero attached hydrogens (tertiary/aromatic N) is 3. The number of nitrogens with two attached hydrogens (primary N) is 2. The molecule has 4 N–H and O–H groups in total. The molecule has 2 aromatic heterocycles. The Morgan fingerprint density at radius 1 is 1.20 bits per heavy atom. The molecule has 0 radical (unpaired) electrons. The monoisotopic (exact) mass is 449 g/mol. The van der Waals surface area contributed by atoms with E-state index < -0.39 is 21.1 Å². The molecule has 3 aromatic rings. The highest BCUT2D eigenvalue weighted by Gasteiger charge is 2.26. The molecule has 0 aliphatic rings. The molecule has 0 saturated carbocycles. The van der Waals surface area contributed by atoms with Crippen molar-refractivity contribution in [1.29, 1.82) is 0 Å². The SMILES string of the molecule is CC(Cc1cccc(-c2nc(C(C)(C)C)sc2-c2ccnc(N)n2)c1F)S(N)(=O)=O. The largest absolute Gasteiger partial charge is 0.368 e. The number of hydrogen-bond donors (Lipinski definition) is 2. The van der Waals surface area contributed by atoms with Crippen molar-refractivity contribution in [2.24, 2.45) is 5.14 Å². The van der Waals surface area contributed by atoms with E-state index >= 15 is 4.39 Å². The second-order valence-corrected chi connectivity index (χ2v) is 11.1. The molecule has 7 nitrogen and oxygen atoms in total. The molecule has 10 heteroatoms. The van der Waals surface area contributed by atoms with Crippen LogP contribution in [0.2, 0.25) is 0 Å². The third-order valence-corrected chi connectivity index (χ3v) is 7.37. The lowest BCUT2D eigenvalue weighted by atomic mass is 9.98. The minimum atomic E-state index is -3.78. The predicted molar refractivity (Wildman–Crippen MR) is 118 cm³/mol. The van der Waals surface area contributed by atoms with Gasteiger partial charge in [0.1, 0.15) is 5.82 Å². The molecule has 3 rings (SSSR count). The van der Waals surface area contributed by atoms with Crippen molar-refractivity contribution >= 4 is 27.3 Å². The van der Waals surface area contributed by atoms with E-state index in [0.717, 1.165) is 5.01 Å². The molecule has 0 aliphatic heterocycles. The molecule has 0 bridgehead atoms. The summed E-state index contributed by atoms with van der Waals surface area (Å²) in [6.07, 6.45) is 1.50. The minimum absolute atomic E-state index is 0.0371. The lowest BCUT2D eigenvalue weighted by molar-refractivity contribution is 0.577. The number of aromatic nitrogens is 3. The predicted octanol–water partition coefficient (Wildman–Crippen LogP) is 3.51. The van der Waals surface area contributed by atoms with Gasteiger partial charge in [0, 0.05) is 17.2 Å². The maximum absolute atomic E-state index is 15.5. The topological polar surface area (TPSA) is 125 Å². The summed E-state index contributed by atoms with van der Waals surface area (Å²) in [5.74, 6) is -0.414. The van der Waals surface area contributed by atoms with Crippen molar-refractivity contribution < 1.29 is 12.8 Å². The first-order valence-corrected chi connectivity index (χ1v) is 11.7. The maximum atomic E-state index is 15.5. The van der Waals surface area contributed by atoms with Crippen LogP contribution in [-0.2, 0) is 21.9 Å². The summed E-state index contributed by atoms with van der Waals surface area (Å²) in [6, 6.07) is 6.55. The Bertz CT molecular complexity index is 1190. The molecule has 30 heavy (non-hydrogen) atoms. The molecule has 0 saturated heterocycles. The minimum Gasteiger partial charge on any atom is -0.368 e. The second kappa shape index (κ2) is 8.01. The number of anilines is 1. The average Bonchev–Trinajstić information content (AvgIpc) is 3.08. The van der Waals surface area contributed by atoms with E-state index in [9.17, 15) is 8.42 Å². The van der Waals surface area contributed by atoms with Crippen LogP contribution < -0.4 is 10.9 Å². The van der Waals surface area contributed by atoms with Gasteiger partial charge in [0.25, 0.3) is 0 Å². The number of nitrogen functional groups attached to an aromatic ring is 1. The van der Waals surface area contributed by atoms with Gasteiger partial charge >= 0.3 is 0 Å². The fourth-order valence-corrected chi connectivity index (χ4v) is 4.36. The molecule has 0 fully saturated rings. The zero-order valence-corrected chi connectivity index (χ0v) is 18.8. The van der Waals surface area contributed by atoms with Crippen molar-refractivity contribution in [3.05, 3.63) is 46.9 Å². The van der Waals surface area contributed by atoms with Crippen LogP contribution >= 0.6 is 11.3 Å². The number of rotatable bonds is 5. The van der Waals surface area contributed by atoms with E-state index in [0.29, 0.717) is 16.3 Å². The highest BCUT2D eigenvalue weighted by atomic mass is 32.2. The van der Waals surface area contributed by atoms with E-state index in [1.807, 2.05) is 20.8 Å². The number of sulfonamides is 1. The molecule has 1 unspecified atom stereocenters. The van der Waals surface area contributed by atoms with Crippen LogP contribution in [0, 0.1) is 5.82 Å². The number of benzene rings is 1. The first-order valence-electron chi connectivity index (χ1n) is 9.27. The van der Waals surface area contributed by atoms with Crippen LogP contribution in [0.1, 0.15) is 38.3 Å². The summed E-state index contributed by atoms with van der Waals surface area (Å²) in [6.45, 7) is 7.52. The van der Waals surface area contributed by atoms with Gasteiger partial charge in [0.2, 0.25) is 16.0 Å². The third kappa shape index (κ3) is 4.66. The molecule has 0 aliphatic carbocycles. The molecular formula is C20H24FN5O2S2. The Morgan fingerprint density at radius 3 is 2.50 bits per heavy atom. The summed E-state index contributed by atoms with van der Waals surface area (Å²) in [5.41, 5.74) is 7.00. The van der Waals surface area contributed by atoms with E-state index in [4.69, 9.17) is 15.9 Å². The molecule has 0 amide bonds. The first kappa shape index (κ1) is 22.3. The van der Waals surface area contributed by atoms with Crippen molar-refractivity contribution in [2.75, 3.05) is 5.73 Å². The normalized spacial score (nSPS) is 13.4. The van der Waals surface area contributed by atoms with E-state index in [-0.39, 0.29) is 28.9 Å². The second-order valence-electron chi connectivity index (χ2n) is 8.13. The Labute approximate surface area is 179 Å². The van der Waals surface area contributed by atoms with E-state index in [1.54, 1.807) is 30.5 Å². The summed E-state index contributed by atoms with van der Waals surface area (Å²) in [5, 5.41) is 5.10. The summed E-state index contributed by atoms with van der Waals surface area (Å²) in [7, 11) is -3.78. The highest BCUT2D eigenvalue weighted by molar-refractivity contribution is 7.89. The van der Waals surface area contributed by atoms with Gasteiger partial charge in [-0.25, -0.2) is 32.9 Å². The van der Waals surface area contributed by atoms with Crippen molar-refractivity contribution in [3.8, 4) is 21.8 Å². The molecular weight excluding hydrogens is 425 g/mol. The Morgan fingerprint density at radius 2 is 1.90 bits per heavy atom.